The van der Waals surface area contributed by atoms with Crippen LogP contribution in [0, 0.1) is 18.3 Å². The Kier molecular flexibility index (Phi) is 2.89. The summed E-state index contributed by atoms with van der Waals surface area (Å²) in [6, 6.07) is 4.52. The van der Waals surface area contributed by atoms with Crippen LogP contribution >= 0.6 is 0 Å². The fourth-order valence-electron chi connectivity index (χ4n) is 4.21. The Morgan fingerprint density at radius 2 is 2.04 bits per heavy atom. The fourth-order valence-corrected chi connectivity index (χ4v) is 4.21. The van der Waals surface area contributed by atoms with Crippen molar-refractivity contribution < 1.29 is 18.0 Å². The molecule has 6 heteroatoms. The van der Waals surface area contributed by atoms with E-state index in [4.69, 9.17) is 0 Å². The van der Waals surface area contributed by atoms with Gasteiger partial charge in [0.1, 0.15) is 0 Å². The number of hydrogen-bond acceptors (Lipinski definition) is 2. The topological polar surface area (TPSA) is 34.9 Å². The van der Waals surface area contributed by atoms with Crippen molar-refractivity contribution in [1.82, 2.24) is 9.78 Å². The van der Waals surface area contributed by atoms with Crippen LogP contribution in [0.1, 0.15) is 52.6 Å². The van der Waals surface area contributed by atoms with Gasteiger partial charge in [-0.2, -0.15) is 18.3 Å². The zero-order valence-corrected chi connectivity index (χ0v) is 13.6. The number of alkyl halides is 3. The molecule has 2 aliphatic carbocycles. The molecule has 4 rings (SSSR count). The van der Waals surface area contributed by atoms with Crippen molar-refractivity contribution in [3.8, 4) is 0 Å². The summed E-state index contributed by atoms with van der Waals surface area (Å²) in [5.74, 6) is 0.421. The highest BCUT2D eigenvalue weighted by Gasteiger charge is 2.64. The first-order valence-electron chi connectivity index (χ1n) is 7.92. The first-order valence-corrected chi connectivity index (χ1v) is 7.92. The lowest BCUT2D eigenvalue weighted by atomic mass is 9.98. The van der Waals surface area contributed by atoms with Gasteiger partial charge in [-0.25, -0.2) is 4.68 Å². The number of nitrogens with zero attached hydrogens (tertiary/aromatic N) is 2. The molecule has 0 aliphatic heterocycles. The van der Waals surface area contributed by atoms with Gasteiger partial charge in [0.15, 0.2) is 0 Å². The first-order chi connectivity index (χ1) is 11.1. The zero-order chi connectivity index (χ0) is 17.4. The SMILES string of the molecule is Cc1nn(C(=O)c2cccc(C(F)(F)F)c2)c2c1C1C(C2)C1(C)C. The summed E-state index contributed by atoms with van der Waals surface area (Å²) in [4.78, 5) is 12.7. The molecule has 1 aromatic carbocycles. The standard InChI is InChI=1S/C18H17F3N2O/c1-9-14-13(8-12-15(14)17(12,2)3)23(22-9)16(24)10-5-4-6-11(7-10)18(19,20)21/h4-7,12,15H,8H2,1-3H3. The molecule has 3 nitrogen and oxygen atoms in total. The molecule has 1 aromatic heterocycles. The Balaban J connectivity index is 1.73. The summed E-state index contributed by atoms with van der Waals surface area (Å²) >= 11 is 0. The molecular formula is C18H17F3N2O. The van der Waals surface area contributed by atoms with Crippen molar-refractivity contribution in [3.63, 3.8) is 0 Å². The predicted octanol–water partition coefficient (Wildman–Crippen LogP) is 4.19. The maximum absolute atomic E-state index is 12.9. The summed E-state index contributed by atoms with van der Waals surface area (Å²) in [5, 5.41) is 4.33. The Hall–Kier alpha value is -2.11. The van der Waals surface area contributed by atoms with Gasteiger partial charge in [0, 0.05) is 11.1 Å². The third kappa shape index (κ3) is 1.98. The average molecular weight is 334 g/mol. The van der Waals surface area contributed by atoms with Gasteiger partial charge in [0.05, 0.1) is 17.0 Å². The highest BCUT2D eigenvalue weighted by molar-refractivity contribution is 5.96. The second-order valence-electron chi connectivity index (χ2n) is 7.35. The van der Waals surface area contributed by atoms with Crippen molar-refractivity contribution in [1.29, 1.82) is 0 Å². The van der Waals surface area contributed by atoms with Gasteiger partial charge in [-0.1, -0.05) is 19.9 Å². The van der Waals surface area contributed by atoms with Crippen LogP contribution in [0.25, 0.3) is 0 Å². The average Bonchev–Trinajstić information content (AvgIpc) is 2.84. The third-order valence-electron chi connectivity index (χ3n) is 5.61. The van der Waals surface area contributed by atoms with E-state index in [9.17, 15) is 18.0 Å². The molecule has 0 N–H and O–H groups in total. The lowest BCUT2D eigenvalue weighted by Crippen LogP contribution is -2.18. The molecule has 2 unspecified atom stereocenters. The number of fused-ring (bicyclic) bond motifs is 3. The second kappa shape index (κ2) is 4.49. The highest BCUT2D eigenvalue weighted by atomic mass is 19.4. The smallest absolute Gasteiger partial charge is 0.267 e. The van der Waals surface area contributed by atoms with Crippen LogP contribution in [-0.4, -0.2) is 15.7 Å². The van der Waals surface area contributed by atoms with Gasteiger partial charge < -0.3 is 0 Å². The molecule has 0 bridgehead atoms. The first kappa shape index (κ1) is 15.4. The molecule has 0 spiro atoms. The van der Waals surface area contributed by atoms with Crippen LogP contribution in [0.5, 0.6) is 0 Å². The summed E-state index contributed by atoms with van der Waals surface area (Å²) in [6.45, 7) is 6.28. The molecule has 0 saturated heterocycles. The van der Waals surface area contributed by atoms with Crippen molar-refractivity contribution in [2.24, 2.45) is 11.3 Å². The van der Waals surface area contributed by atoms with Crippen molar-refractivity contribution in [2.75, 3.05) is 0 Å². The number of carbonyl (C=O) groups excluding carboxylic acids is 1. The Labute approximate surface area is 137 Å². The zero-order valence-electron chi connectivity index (χ0n) is 13.6. The van der Waals surface area contributed by atoms with Gasteiger partial charge in [-0.05, 0) is 48.8 Å². The summed E-state index contributed by atoms with van der Waals surface area (Å²) in [7, 11) is 0. The number of rotatable bonds is 1. The largest absolute Gasteiger partial charge is 0.416 e. The lowest BCUT2D eigenvalue weighted by molar-refractivity contribution is -0.137. The van der Waals surface area contributed by atoms with Crippen LogP contribution in [-0.2, 0) is 12.6 Å². The highest BCUT2D eigenvalue weighted by Crippen LogP contribution is 2.70. The normalized spacial score (nSPS) is 23.8. The van der Waals surface area contributed by atoms with Gasteiger partial charge in [-0.15, -0.1) is 0 Å². The van der Waals surface area contributed by atoms with E-state index in [-0.39, 0.29) is 11.0 Å². The minimum atomic E-state index is -4.47. The maximum atomic E-state index is 12.9. The monoisotopic (exact) mass is 334 g/mol. The van der Waals surface area contributed by atoms with Crippen LogP contribution < -0.4 is 0 Å². The van der Waals surface area contributed by atoms with E-state index in [1.54, 1.807) is 0 Å². The number of benzene rings is 1. The van der Waals surface area contributed by atoms with Gasteiger partial charge in [-0.3, -0.25) is 4.79 Å². The van der Waals surface area contributed by atoms with E-state index >= 15 is 0 Å². The van der Waals surface area contributed by atoms with E-state index in [1.165, 1.54) is 16.8 Å². The molecule has 0 amide bonds. The third-order valence-corrected chi connectivity index (χ3v) is 5.61. The molecule has 2 aliphatic rings. The molecule has 2 atom stereocenters. The Bertz CT molecular complexity index is 864. The van der Waals surface area contributed by atoms with Crippen molar-refractivity contribution >= 4 is 5.91 Å². The van der Waals surface area contributed by atoms with Gasteiger partial charge >= 0.3 is 6.18 Å². The fraction of sp³-hybridized carbons (Fsp3) is 0.444. The maximum Gasteiger partial charge on any atom is 0.416 e. The van der Waals surface area contributed by atoms with Crippen LogP contribution in [0.4, 0.5) is 13.2 Å². The predicted molar refractivity (Wildman–Crippen MR) is 81.9 cm³/mol. The molecule has 1 saturated carbocycles. The quantitative estimate of drug-likeness (QED) is 0.784. The van der Waals surface area contributed by atoms with Crippen LogP contribution in [0.15, 0.2) is 24.3 Å². The van der Waals surface area contributed by atoms with Crippen molar-refractivity contribution in [3.05, 3.63) is 52.3 Å². The van der Waals surface area contributed by atoms with E-state index < -0.39 is 17.6 Å². The lowest BCUT2D eigenvalue weighted by Gasteiger charge is -2.11. The van der Waals surface area contributed by atoms with E-state index in [0.29, 0.717) is 11.8 Å². The van der Waals surface area contributed by atoms with E-state index in [1.807, 2.05) is 6.92 Å². The minimum Gasteiger partial charge on any atom is -0.267 e. The summed E-state index contributed by atoms with van der Waals surface area (Å²) in [6.07, 6.45) is -3.71. The molecule has 24 heavy (non-hydrogen) atoms. The second-order valence-corrected chi connectivity index (χ2v) is 7.35. The molecular weight excluding hydrogens is 317 g/mol. The van der Waals surface area contributed by atoms with E-state index in [2.05, 4.69) is 18.9 Å². The number of hydrogen-bond donors (Lipinski definition) is 0. The number of carbonyl (C=O) groups is 1. The summed E-state index contributed by atoms with van der Waals surface area (Å²) in [5.41, 5.74) is 2.20. The number of aromatic nitrogens is 2. The molecule has 2 aromatic rings. The number of halogens is 3. The van der Waals surface area contributed by atoms with Gasteiger partial charge in [0.25, 0.3) is 5.91 Å². The molecule has 1 heterocycles. The molecule has 1 fully saturated rings. The number of aryl methyl sites for hydroxylation is 1. The van der Waals surface area contributed by atoms with Gasteiger partial charge in [0.2, 0.25) is 0 Å². The Morgan fingerprint density at radius 3 is 2.71 bits per heavy atom. The molecule has 0 radical (unpaired) electrons. The molecule has 126 valence electrons. The van der Waals surface area contributed by atoms with Crippen molar-refractivity contribution in [2.45, 2.75) is 39.3 Å². The van der Waals surface area contributed by atoms with Crippen LogP contribution in [0.2, 0.25) is 0 Å². The van der Waals surface area contributed by atoms with Crippen LogP contribution in [0.3, 0.4) is 0 Å². The Morgan fingerprint density at radius 1 is 1.33 bits per heavy atom. The minimum absolute atomic E-state index is 0.00922. The summed E-state index contributed by atoms with van der Waals surface area (Å²) < 4.78 is 39.9. The van der Waals surface area contributed by atoms with E-state index in [0.717, 1.165) is 35.5 Å².